The van der Waals surface area contributed by atoms with Gasteiger partial charge in [-0.2, -0.15) is 13.2 Å². The Kier molecular flexibility index (Phi) is 4.21. The van der Waals surface area contributed by atoms with Crippen LogP contribution in [0.1, 0.15) is 36.5 Å². The summed E-state index contributed by atoms with van der Waals surface area (Å²) in [6, 6.07) is 11.6. The zero-order valence-corrected chi connectivity index (χ0v) is 12.0. The molecular weight excluding hydrogens is 273 g/mol. The largest absolute Gasteiger partial charge is 0.416 e. The molecule has 2 rings (SSSR count). The third-order valence-electron chi connectivity index (χ3n) is 3.40. The summed E-state index contributed by atoms with van der Waals surface area (Å²) in [5.41, 5.74) is 2.27. The number of halogens is 3. The summed E-state index contributed by atoms with van der Waals surface area (Å²) in [7, 11) is 0. The summed E-state index contributed by atoms with van der Waals surface area (Å²) >= 11 is 0. The van der Waals surface area contributed by atoms with Gasteiger partial charge in [0, 0.05) is 0 Å². The Morgan fingerprint density at radius 3 is 2.29 bits per heavy atom. The van der Waals surface area contributed by atoms with Gasteiger partial charge in [-0.1, -0.05) is 50.8 Å². The van der Waals surface area contributed by atoms with Crippen LogP contribution >= 0.6 is 0 Å². The number of rotatable bonds is 3. The van der Waals surface area contributed by atoms with E-state index in [9.17, 15) is 13.2 Å². The van der Waals surface area contributed by atoms with Crippen molar-refractivity contribution in [1.82, 2.24) is 0 Å². The van der Waals surface area contributed by atoms with Gasteiger partial charge in [0.1, 0.15) is 0 Å². The van der Waals surface area contributed by atoms with Crippen LogP contribution in [-0.2, 0) is 6.18 Å². The van der Waals surface area contributed by atoms with E-state index >= 15 is 0 Å². The smallest absolute Gasteiger partial charge is 0.166 e. The van der Waals surface area contributed by atoms with Gasteiger partial charge >= 0.3 is 6.18 Å². The molecule has 0 saturated heterocycles. The van der Waals surface area contributed by atoms with Gasteiger partial charge in [0.15, 0.2) is 0 Å². The van der Waals surface area contributed by atoms with E-state index in [4.69, 9.17) is 0 Å². The summed E-state index contributed by atoms with van der Waals surface area (Å²) in [6.07, 6.45) is -2.92. The maximum atomic E-state index is 13.0. The zero-order valence-electron chi connectivity index (χ0n) is 12.0. The van der Waals surface area contributed by atoms with Crippen LogP contribution in [0.2, 0.25) is 0 Å². The molecule has 0 bridgehead atoms. The van der Waals surface area contributed by atoms with Crippen molar-refractivity contribution in [1.29, 1.82) is 0 Å². The van der Waals surface area contributed by atoms with Crippen molar-refractivity contribution in [2.45, 2.75) is 25.9 Å². The molecule has 0 fully saturated rings. The molecule has 2 aromatic rings. The van der Waals surface area contributed by atoms with E-state index in [1.165, 1.54) is 12.1 Å². The molecular formula is C18H17F3. The highest BCUT2D eigenvalue weighted by Crippen LogP contribution is 2.34. The normalized spacial score (nSPS) is 11.7. The molecule has 0 spiro atoms. The Morgan fingerprint density at radius 1 is 1.00 bits per heavy atom. The van der Waals surface area contributed by atoms with E-state index in [1.807, 2.05) is 24.3 Å². The van der Waals surface area contributed by atoms with Gasteiger partial charge in [0.05, 0.1) is 5.56 Å². The highest BCUT2D eigenvalue weighted by atomic mass is 19.4. The first kappa shape index (κ1) is 15.4. The van der Waals surface area contributed by atoms with Crippen LogP contribution in [0.15, 0.2) is 49.0 Å². The maximum absolute atomic E-state index is 13.0. The fraction of sp³-hybridized carbons (Fsp3) is 0.222. The second-order valence-corrected chi connectivity index (χ2v) is 5.33. The third kappa shape index (κ3) is 3.54. The summed E-state index contributed by atoms with van der Waals surface area (Å²) in [4.78, 5) is 0. The monoisotopic (exact) mass is 290 g/mol. The predicted molar refractivity (Wildman–Crippen MR) is 81.1 cm³/mol. The average molecular weight is 290 g/mol. The second kappa shape index (κ2) is 5.76. The molecule has 0 unspecified atom stereocenters. The van der Waals surface area contributed by atoms with E-state index in [-0.39, 0.29) is 0 Å². The van der Waals surface area contributed by atoms with E-state index in [0.717, 1.165) is 17.2 Å². The lowest BCUT2D eigenvalue weighted by Crippen LogP contribution is -2.05. The van der Waals surface area contributed by atoms with Crippen molar-refractivity contribution < 1.29 is 13.2 Å². The molecule has 0 atom stereocenters. The number of benzene rings is 2. The van der Waals surface area contributed by atoms with E-state index in [2.05, 4.69) is 20.4 Å². The van der Waals surface area contributed by atoms with Gasteiger partial charge in [0.25, 0.3) is 0 Å². The molecule has 0 heterocycles. The number of alkyl halides is 3. The van der Waals surface area contributed by atoms with E-state index < -0.39 is 11.7 Å². The van der Waals surface area contributed by atoms with Crippen LogP contribution in [0.25, 0.3) is 17.2 Å². The van der Waals surface area contributed by atoms with Crippen LogP contribution in [0.5, 0.6) is 0 Å². The van der Waals surface area contributed by atoms with Crippen LogP contribution in [0, 0.1) is 0 Å². The van der Waals surface area contributed by atoms with E-state index in [0.29, 0.717) is 17.0 Å². The molecule has 0 aliphatic carbocycles. The second-order valence-electron chi connectivity index (χ2n) is 5.33. The van der Waals surface area contributed by atoms with Crippen LogP contribution in [0.4, 0.5) is 13.2 Å². The van der Waals surface area contributed by atoms with Crippen molar-refractivity contribution in [3.63, 3.8) is 0 Å². The van der Waals surface area contributed by atoms with Gasteiger partial charge < -0.3 is 0 Å². The molecule has 21 heavy (non-hydrogen) atoms. The quantitative estimate of drug-likeness (QED) is 0.637. The summed E-state index contributed by atoms with van der Waals surface area (Å²) < 4.78 is 38.9. The Labute approximate surface area is 122 Å². The molecule has 2 aromatic carbocycles. The molecule has 0 aliphatic rings. The van der Waals surface area contributed by atoms with Crippen molar-refractivity contribution in [3.05, 3.63) is 65.7 Å². The average Bonchev–Trinajstić information content (AvgIpc) is 2.46. The molecule has 3 heteroatoms. The first-order valence-electron chi connectivity index (χ1n) is 6.76. The zero-order chi connectivity index (χ0) is 15.6. The Hall–Kier alpha value is -2.03. The van der Waals surface area contributed by atoms with Crippen molar-refractivity contribution in [2.24, 2.45) is 0 Å². The summed E-state index contributed by atoms with van der Waals surface area (Å²) in [6.45, 7) is 7.68. The Bertz CT molecular complexity index is 652. The first-order chi connectivity index (χ1) is 9.81. The SMILES string of the molecule is C=Cc1cc(-c2cccc(C(C)C)c2)cc(C(F)(F)F)c1. The predicted octanol–water partition coefficient (Wildman–Crippen LogP) is 6.14. The van der Waals surface area contributed by atoms with Crippen molar-refractivity contribution in [2.75, 3.05) is 0 Å². The van der Waals surface area contributed by atoms with Gasteiger partial charge in [-0.05, 0) is 46.4 Å². The minimum Gasteiger partial charge on any atom is -0.166 e. The van der Waals surface area contributed by atoms with Crippen LogP contribution in [-0.4, -0.2) is 0 Å². The van der Waals surface area contributed by atoms with E-state index in [1.54, 1.807) is 6.07 Å². The highest BCUT2D eigenvalue weighted by Gasteiger charge is 2.31. The maximum Gasteiger partial charge on any atom is 0.416 e. The lowest BCUT2D eigenvalue weighted by Gasteiger charge is -2.12. The molecule has 0 saturated carbocycles. The fourth-order valence-corrected chi connectivity index (χ4v) is 2.18. The highest BCUT2D eigenvalue weighted by molar-refractivity contribution is 5.69. The summed E-state index contributed by atoms with van der Waals surface area (Å²) in [5, 5.41) is 0. The van der Waals surface area contributed by atoms with Gasteiger partial charge in [-0.15, -0.1) is 0 Å². The van der Waals surface area contributed by atoms with Gasteiger partial charge in [-0.25, -0.2) is 0 Å². The number of hydrogen-bond acceptors (Lipinski definition) is 0. The molecule has 0 aromatic heterocycles. The van der Waals surface area contributed by atoms with Crippen molar-refractivity contribution >= 4 is 6.08 Å². The van der Waals surface area contributed by atoms with Gasteiger partial charge in [0.2, 0.25) is 0 Å². The lowest BCUT2D eigenvalue weighted by molar-refractivity contribution is -0.137. The molecule has 0 N–H and O–H groups in total. The van der Waals surface area contributed by atoms with Crippen LogP contribution in [0.3, 0.4) is 0 Å². The third-order valence-corrected chi connectivity index (χ3v) is 3.40. The first-order valence-corrected chi connectivity index (χ1v) is 6.76. The Balaban J connectivity index is 2.58. The molecule has 0 nitrogen and oxygen atoms in total. The fourth-order valence-electron chi connectivity index (χ4n) is 2.18. The Morgan fingerprint density at radius 2 is 1.71 bits per heavy atom. The number of hydrogen-bond donors (Lipinski definition) is 0. The lowest BCUT2D eigenvalue weighted by atomic mass is 9.95. The topological polar surface area (TPSA) is 0 Å². The standard InChI is InChI=1S/C18H17F3/c1-4-13-8-16(11-17(9-13)18(19,20)21)15-7-5-6-14(10-15)12(2)3/h4-12H,1H2,2-3H3. The summed E-state index contributed by atoms with van der Waals surface area (Å²) in [5.74, 6) is 0.328. The molecule has 110 valence electrons. The van der Waals surface area contributed by atoms with Crippen LogP contribution < -0.4 is 0 Å². The molecule has 0 amide bonds. The van der Waals surface area contributed by atoms with Crippen molar-refractivity contribution in [3.8, 4) is 11.1 Å². The van der Waals surface area contributed by atoms with Gasteiger partial charge in [-0.3, -0.25) is 0 Å². The molecule has 0 radical (unpaired) electrons. The minimum atomic E-state index is -4.36. The minimum absolute atomic E-state index is 0.328. The molecule has 0 aliphatic heterocycles.